The Hall–Kier alpha value is -0.570. The fourth-order valence-corrected chi connectivity index (χ4v) is 5.88. The molecule has 4 aliphatic rings. The van der Waals surface area contributed by atoms with Crippen molar-refractivity contribution in [2.75, 3.05) is 0 Å². The van der Waals surface area contributed by atoms with Gasteiger partial charge in [0.15, 0.2) is 0 Å². The predicted octanol–water partition coefficient (Wildman–Crippen LogP) is 3.04. The van der Waals surface area contributed by atoms with Gasteiger partial charge in [0.2, 0.25) is 0 Å². The third kappa shape index (κ3) is 2.10. The average Bonchev–Trinajstić information content (AvgIpc) is 2.23. The molecule has 19 heavy (non-hydrogen) atoms. The van der Waals surface area contributed by atoms with E-state index in [9.17, 15) is 9.90 Å². The number of hydrogen-bond acceptors (Lipinski definition) is 2. The number of rotatable bonds is 4. The third-order valence-electron chi connectivity index (χ3n) is 5.99. The van der Waals surface area contributed by atoms with Crippen LogP contribution >= 0.6 is 0 Å². The van der Waals surface area contributed by atoms with Gasteiger partial charge in [-0.2, -0.15) is 0 Å². The standard InChI is InChI=1S/C16H27NO2/c1-10(2)17-16-7-12-4-13(8-16)6-15(5-12,9-16)11(3)14(18)19/h10-13,17H,4-9H2,1-3H3,(H,18,19). The lowest BCUT2D eigenvalue weighted by Gasteiger charge is -2.64. The van der Waals surface area contributed by atoms with Crippen LogP contribution in [0.1, 0.15) is 59.3 Å². The Morgan fingerprint density at radius 1 is 1.16 bits per heavy atom. The second-order valence-electron chi connectivity index (χ2n) is 7.96. The van der Waals surface area contributed by atoms with Gasteiger partial charge in [-0.05, 0) is 55.8 Å². The van der Waals surface area contributed by atoms with Crippen molar-refractivity contribution in [2.24, 2.45) is 23.2 Å². The van der Waals surface area contributed by atoms with Crippen LogP contribution in [0.2, 0.25) is 0 Å². The molecule has 0 aromatic rings. The first-order valence-electron chi connectivity index (χ1n) is 7.85. The molecule has 3 unspecified atom stereocenters. The largest absolute Gasteiger partial charge is 0.481 e. The Labute approximate surface area is 116 Å². The minimum atomic E-state index is -0.596. The van der Waals surface area contributed by atoms with Crippen LogP contribution in [0, 0.1) is 23.2 Å². The lowest BCUT2D eigenvalue weighted by molar-refractivity contribution is -0.159. The van der Waals surface area contributed by atoms with Crippen molar-refractivity contribution in [1.29, 1.82) is 0 Å². The number of hydrogen-bond donors (Lipinski definition) is 2. The molecule has 108 valence electrons. The molecule has 3 heteroatoms. The quantitative estimate of drug-likeness (QED) is 0.821. The highest BCUT2D eigenvalue weighted by molar-refractivity contribution is 5.70. The van der Waals surface area contributed by atoms with Crippen LogP contribution in [0.15, 0.2) is 0 Å². The lowest BCUT2D eigenvalue weighted by Crippen LogP contribution is -2.64. The lowest BCUT2D eigenvalue weighted by atomic mass is 9.44. The van der Waals surface area contributed by atoms with Gasteiger partial charge in [0.1, 0.15) is 0 Å². The molecular weight excluding hydrogens is 238 g/mol. The first-order chi connectivity index (χ1) is 8.84. The Morgan fingerprint density at radius 3 is 2.21 bits per heavy atom. The van der Waals surface area contributed by atoms with Gasteiger partial charge in [-0.15, -0.1) is 0 Å². The molecule has 4 rings (SSSR count). The highest BCUT2D eigenvalue weighted by Crippen LogP contribution is 2.64. The highest BCUT2D eigenvalue weighted by atomic mass is 16.4. The number of aliphatic carboxylic acids is 1. The molecule has 0 aromatic heterocycles. The van der Waals surface area contributed by atoms with Gasteiger partial charge in [-0.25, -0.2) is 0 Å². The van der Waals surface area contributed by atoms with Gasteiger partial charge in [0, 0.05) is 11.6 Å². The Kier molecular flexibility index (Phi) is 2.97. The number of carboxylic acid groups (broad SMARTS) is 1. The van der Waals surface area contributed by atoms with E-state index in [1.165, 1.54) is 19.3 Å². The van der Waals surface area contributed by atoms with Gasteiger partial charge >= 0.3 is 5.97 Å². The van der Waals surface area contributed by atoms with E-state index in [4.69, 9.17) is 0 Å². The average molecular weight is 265 g/mol. The van der Waals surface area contributed by atoms with Crippen LogP contribution in [0.25, 0.3) is 0 Å². The van der Waals surface area contributed by atoms with E-state index in [1.807, 2.05) is 6.92 Å². The third-order valence-corrected chi connectivity index (χ3v) is 5.99. The summed E-state index contributed by atoms with van der Waals surface area (Å²) in [6.45, 7) is 6.37. The molecule has 4 aliphatic carbocycles. The Balaban J connectivity index is 1.90. The highest BCUT2D eigenvalue weighted by Gasteiger charge is 2.60. The zero-order valence-corrected chi connectivity index (χ0v) is 12.4. The van der Waals surface area contributed by atoms with Crippen LogP contribution in [0.3, 0.4) is 0 Å². The monoisotopic (exact) mass is 265 g/mol. The number of nitrogens with one attached hydrogen (secondary N) is 1. The molecule has 0 amide bonds. The molecule has 4 bridgehead atoms. The molecule has 3 atom stereocenters. The predicted molar refractivity (Wildman–Crippen MR) is 74.9 cm³/mol. The molecule has 0 saturated heterocycles. The number of carbonyl (C=O) groups is 1. The van der Waals surface area contributed by atoms with Gasteiger partial charge in [-0.1, -0.05) is 20.8 Å². The van der Waals surface area contributed by atoms with Crippen molar-refractivity contribution in [3.05, 3.63) is 0 Å². The summed E-state index contributed by atoms with van der Waals surface area (Å²) in [6, 6.07) is 0.494. The van der Waals surface area contributed by atoms with Gasteiger partial charge < -0.3 is 10.4 Å². The molecule has 0 radical (unpaired) electrons. The summed E-state index contributed by atoms with van der Waals surface area (Å²) in [6.07, 6.45) is 7.27. The fraction of sp³-hybridized carbons (Fsp3) is 0.938. The molecular formula is C16H27NO2. The first kappa shape index (κ1) is 13.4. The smallest absolute Gasteiger partial charge is 0.306 e. The first-order valence-corrected chi connectivity index (χ1v) is 7.85. The van der Waals surface area contributed by atoms with E-state index in [0.29, 0.717) is 6.04 Å². The summed E-state index contributed by atoms with van der Waals surface area (Å²) in [4.78, 5) is 11.5. The summed E-state index contributed by atoms with van der Waals surface area (Å²) in [5.41, 5.74) is 0.305. The van der Waals surface area contributed by atoms with Gasteiger partial charge in [-0.3, -0.25) is 4.79 Å². The van der Waals surface area contributed by atoms with Crippen LogP contribution in [-0.4, -0.2) is 22.7 Å². The van der Waals surface area contributed by atoms with E-state index in [2.05, 4.69) is 19.2 Å². The number of carboxylic acids is 1. The van der Waals surface area contributed by atoms with Crippen molar-refractivity contribution >= 4 is 5.97 Å². The van der Waals surface area contributed by atoms with E-state index in [0.717, 1.165) is 31.1 Å². The van der Waals surface area contributed by atoms with Crippen molar-refractivity contribution in [1.82, 2.24) is 5.32 Å². The molecule has 0 aliphatic heterocycles. The van der Waals surface area contributed by atoms with Crippen LogP contribution in [0.4, 0.5) is 0 Å². The minimum absolute atomic E-state index is 0.0673. The summed E-state index contributed by atoms with van der Waals surface area (Å²) < 4.78 is 0. The summed E-state index contributed by atoms with van der Waals surface area (Å²) in [5, 5.41) is 13.3. The molecule has 4 saturated carbocycles. The van der Waals surface area contributed by atoms with Crippen LogP contribution in [-0.2, 0) is 4.79 Å². The Morgan fingerprint density at radius 2 is 1.74 bits per heavy atom. The minimum Gasteiger partial charge on any atom is -0.481 e. The molecule has 0 aromatic carbocycles. The molecule has 2 N–H and O–H groups in total. The van der Waals surface area contributed by atoms with E-state index in [-0.39, 0.29) is 16.9 Å². The summed E-state index contributed by atoms with van der Waals surface area (Å²) >= 11 is 0. The second-order valence-corrected chi connectivity index (χ2v) is 7.96. The zero-order valence-electron chi connectivity index (χ0n) is 12.4. The topological polar surface area (TPSA) is 49.3 Å². The zero-order chi connectivity index (χ0) is 13.8. The SMILES string of the molecule is CC(C)NC12CC3CC(C1)CC(C(C)C(=O)O)(C3)C2. The molecule has 3 nitrogen and oxygen atoms in total. The normalized spacial score (nSPS) is 45.7. The van der Waals surface area contributed by atoms with Crippen molar-refractivity contribution in [2.45, 2.75) is 70.9 Å². The molecule has 4 fully saturated rings. The van der Waals surface area contributed by atoms with E-state index < -0.39 is 5.97 Å². The second kappa shape index (κ2) is 4.21. The van der Waals surface area contributed by atoms with E-state index in [1.54, 1.807) is 0 Å². The van der Waals surface area contributed by atoms with Crippen LogP contribution in [0.5, 0.6) is 0 Å². The Bertz CT molecular complexity index is 371. The van der Waals surface area contributed by atoms with Crippen molar-refractivity contribution in [3.8, 4) is 0 Å². The summed E-state index contributed by atoms with van der Waals surface area (Å²) in [7, 11) is 0. The maximum Gasteiger partial charge on any atom is 0.306 e. The van der Waals surface area contributed by atoms with E-state index >= 15 is 0 Å². The van der Waals surface area contributed by atoms with Crippen molar-refractivity contribution in [3.63, 3.8) is 0 Å². The fourth-order valence-electron chi connectivity index (χ4n) is 5.88. The summed E-state index contributed by atoms with van der Waals surface area (Å²) in [5.74, 6) is 0.733. The maximum atomic E-state index is 11.5. The van der Waals surface area contributed by atoms with Gasteiger partial charge in [0.25, 0.3) is 0 Å². The van der Waals surface area contributed by atoms with Crippen molar-refractivity contribution < 1.29 is 9.90 Å². The van der Waals surface area contributed by atoms with Gasteiger partial charge in [0.05, 0.1) is 5.92 Å². The molecule has 0 heterocycles. The van der Waals surface area contributed by atoms with Crippen LogP contribution < -0.4 is 5.32 Å². The molecule has 0 spiro atoms. The maximum absolute atomic E-state index is 11.5.